The molecule has 322 valence electrons. The van der Waals surface area contributed by atoms with Crippen LogP contribution in [0.3, 0.4) is 0 Å². The molecule has 59 heavy (non-hydrogen) atoms. The summed E-state index contributed by atoms with van der Waals surface area (Å²) in [4.78, 5) is 54.4. The van der Waals surface area contributed by atoms with Crippen molar-refractivity contribution in [1.29, 1.82) is 0 Å². The molecule has 3 amide bonds. The average Bonchev–Trinajstić information content (AvgIpc) is 3.52. The maximum atomic E-state index is 14.3. The van der Waals surface area contributed by atoms with Crippen molar-refractivity contribution in [2.24, 2.45) is 23.7 Å². The summed E-state index contributed by atoms with van der Waals surface area (Å²) in [5.74, 6) is -0.382. The van der Waals surface area contributed by atoms with Crippen molar-refractivity contribution < 1.29 is 57.1 Å². The SMILES string of the molecule is CCOP(=O)(/C=C/C(NC(=O)C(Cc1ccccc1)NC(=O)[C@@H]1C[C@@H](O[C@H]2O[C@@H]3O[C@@]4(C)CC[C@H]5[C@H](C)CC[C@@H]([C@H]2C)[C@@]35OO4)CN1C(=O)O)c1ccccc1)OCC. The number of carbonyl (C=O) groups excluding carboxylic acids is 2. The third-order valence-corrected chi connectivity index (χ3v) is 14.5. The van der Waals surface area contributed by atoms with E-state index < -0.39 is 73.7 Å². The summed E-state index contributed by atoms with van der Waals surface area (Å²) in [6, 6.07) is 15.3. The second-order valence-corrected chi connectivity index (χ2v) is 18.5. The third kappa shape index (κ3) is 9.18. The minimum atomic E-state index is -3.62. The highest BCUT2D eigenvalue weighted by Crippen LogP contribution is 2.60. The Morgan fingerprint density at radius 3 is 2.34 bits per heavy atom. The predicted molar refractivity (Wildman–Crippen MR) is 214 cm³/mol. The van der Waals surface area contributed by atoms with Crippen LogP contribution in [-0.4, -0.2) is 89.8 Å². The van der Waals surface area contributed by atoms with E-state index in [1.54, 1.807) is 19.9 Å². The number of fused-ring (bicyclic) bond motifs is 2. The summed E-state index contributed by atoms with van der Waals surface area (Å²) in [5, 5.41) is 16.2. The van der Waals surface area contributed by atoms with Crippen molar-refractivity contribution in [2.75, 3.05) is 19.8 Å². The molecular weight excluding hydrogens is 781 g/mol. The molecule has 2 aromatic rings. The molecule has 0 aromatic heterocycles. The van der Waals surface area contributed by atoms with Crippen molar-refractivity contribution in [1.82, 2.24) is 15.5 Å². The number of likely N-dealkylation sites (tertiary alicyclic amines) is 1. The molecule has 3 N–H and O–H groups in total. The van der Waals surface area contributed by atoms with E-state index in [0.717, 1.165) is 29.7 Å². The predicted octanol–water partition coefficient (Wildman–Crippen LogP) is 6.70. The molecule has 1 aliphatic carbocycles. The molecule has 1 spiro atoms. The van der Waals surface area contributed by atoms with E-state index in [4.69, 9.17) is 33.0 Å². The van der Waals surface area contributed by atoms with Gasteiger partial charge in [-0.25, -0.2) is 14.6 Å². The van der Waals surface area contributed by atoms with Crippen LogP contribution in [0.25, 0.3) is 0 Å². The molecule has 1 saturated carbocycles. The zero-order valence-electron chi connectivity index (χ0n) is 34.4. The number of carbonyl (C=O) groups is 3. The number of nitrogens with zero attached hydrogens (tertiary/aromatic N) is 1. The van der Waals surface area contributed by atoms with Crippen LogP contribution in [-0.2, 0) is 53.6 Å². The standard InChI is InChI=1S/C43H58N3O12P/c1-6-52-59(51,53-7-2)23-21-34(30-16-12-9-13-17-30)44-37(47)35(24-29-14-10-8-11-15-29)45-38(48)36-25-31(26-46(36)41(49)50)54-39-28(4)33-19-18-27(3)32-20-22-42(5)56-40(55-39)43(32,33)58-57-42/h8-17,21,23,27-28,31-36,39-40H,6-7,18-20,22,24-26H2,1-5H3,(H,44,47)(H,45,48)(H,49,50)/b23-21+/t27-,28-,31-,32+,33+,34?,35?,36+,39+,40-,42-,43-/m1/s1. The molecule has 15 nitrogen and oxygen atoms in total. The largest absolute Gasteiger partial charge is 0.465 e. The first-order valence-electron chi connectivity index (χ1n) is 20.9. The van der Waals surface area contributed by atoms with Gasteiger partial charge in [-0.05, 0) is 69.1 Å². The Labute approximate surface area is 345 Å². The number of hydrogen-bond acceptors (Lipinski definition) is 11. The Kier molecular flexibility index (Phi) is 13.3. The van der Waals surface area contributed by atoms with Crippen LogP contribution in [0.2, 0.25) is 0 Å². The van der Waals surface area contributed by atoms with Gasteiger partial charge in [0, 0.05) is 36.9 Å². The van der Waals surface area contributed by atoms with E-state index in [0.29, 0.717) is 17.9 Å². The first-order chi connectivity index (χ1) is 28.3. The molecule has 6 fully saturated rings. The van der Waals surface area contributed by atoms with Crippen molar-refractivity contribution in [3.63, 3.8) is 0 Å². The molecule has 6 aliphatic rings. The van der Waals surface area contributed by atoms with E-state index >= 15 is 0 Å². The number of hydrogen-bond donors (Lipinski definition) is 3. The number of ether oxygens (including phenoxy) is 3. The fourth-order valence-electron chi connectivity index (χ4n) is 9.73. The normalized spacial score (nSPS) is 33.8. The van der Waals surface area contributed by atoms with Crippen molar-refractivity contribution >= 4 is 25.5 Å². The Morgan fingerprint density at radius 2 is 1.66 bits per heavy atom. The van der Waals surface area contributed by atoms with Gasteiger partial charge in [-0.1, -0.05) is 74.5 Å². The van der Waals surface area contributed by atoms with Crippen molar-refractivity contribution in [3.8, 4) is 0 Å². The lowest BCUT2D eigenvalue weighted by atomic mass is 9.58. The fourth-order valence-corrected chi connectivity index (χ4v) is 11.1. The highest BCUT2D eigenvalue weighted by atomic mass is 31.2. The third-order valence-electron chi connectivity index (χ3n) is 12.7. The topological polar surface area (TPSA) is 180 Å². The quantitative estimate of drug-likeness (QED) is 0.128. The van der Waals surface area contributed by atoms with Crippen LogP contribution in [0.5, 0.6) is 0 Å². The van der Waals surface area contributed by atoms with Crippen LogP contribution >= 0.6 is 7.60 Å². The van der Waals surface area contributed by atoms with Gasteiger partial charge in [0.15, 0.2) is 18.2 Å². The highest BCUT2D eigenvalue weighted by molar-refractivity contribution is 7.57. The molecular formula is C43H58N3O12P. The Bertz CT molecular complexity index is 1860. The molecule has 0 radical (unpaired) electrons. The van der Waals surface area contributed by atoms with Crippen molar-refractivity contribution in [2.45, 2.75) is 121 Å². The molecule has 5 heterocycles. The molecule has 2 unspecified atom stereocenters. The first-order valence-corrected chi connectivity index (χ1v) is 22.5. The minimum absolute atomic E-state index is 0.00302. The van der Waals surface area contributed by atoms with Gasteiger partial charge in [-0.2, -0.15) is 0 Å². The van der Waals surface area contributed by atoms with Gasteiger partial charge in [-0.3, -0.25) is 19.1 Å². The van der Waals surface area contributed by atoms with E-state index in [2.05, 4.69) is 24.5 Å². The summed E-state index contributed by atoms with van der Waals surface area (Å²) in [6.07, 6.45) is 1.68. The Hall–Kier alpha value is -3.66. The number of carboxylic acid groups (broad SMARTS) is 1. The molecule has 8 rings (SSSR count). The van der Waals surface area contributed by atoms with Gasteiger partial charge in [0.1, 0.15) is 12.1 Å². The maximum absolute atomic E-state index is 14.3. The highest BCUT2D eigenvalue weighted by Gasteiger charge is 2.69. The van der Waals surface area contributed by atoms with Gasteiger partial charge in [0.25, 0.3) is 0 Å². The lowest BCUT2D eigenvalue weighted by Crippen LogP contribution is -2.70. The second kappa shape index (κ2) is 18.1. The smallest absolute Gasteiger partial charge is 0.408 e. The number of rotatable bonds is 15. The summed E-state index contributed by atoms with van der Waals surface area (Å²) in [7, 11) is -3.62. The van der Waals surface area contributed by atoms with Gasteiger partial charge in [-0.15, -0.1) is 0 Å². The number of benzene rings is 2. The van der Waals surface area contributed by atoms with Crippen LogP contribution in [0, 0.1) is 23.7 Å². The molecule has 5 aliphatic heterocycles. The van der Waals surface area contributed by atoms with Crippen LogP contribution in [0.4, 0.5) is 4.79 Å². The van der Waals surface area contributed by atoms with Gasteiger partial charge in [0.05, 0.1) is 31.9 Å². The fraction of sp³-hybridized carbons (Fsp3) is 0.605. The van der Waals surface area contributed by atoms with Crippen LogP contribution in [0.1, 0.15) is 83.9 Å². The molecule has 2 bridgehead atoms. The van der Waals surface area contributed by atoms with E-state index in [9.17, 15) is 24.1 Å². The summed E-state index contributed by atoms with van der Waals surface area (Å²) >= 11 is 0. The molecule has 5 saturated heterocycles. The Balaban J connectivity index is 1.08. The zero-order valence-corrected chi connectivity index (χ0v) is 35.3. The molecule has 2 aromatic carbocycles. The summed E-state index contributed by atoms with van der Waals surface area (Å²) < 4.78 is 43.9. The first kappa shape index (κ1) is 43.4. The zero-order chi connectivity index (χ0) is 42.0. The molecule has 12 atom stereocenters. The van der Waals surface area contributed by atoms with E-state index in [1.807, 2.05) is 67.6 Å². The molecule has 16 heteroatoms. The van der Waals surface area contributed by atoms with Gasteiger partial charge >= 0.3 is 13.7 Å². The van der Waals surface area contributed by atoms with Crippen molar-refractivity contribution in [3.05, 3.63) is 83.7 Å². The van der Waals surface area contributed by atoms with Gasteiger partial charge in [0.2, 0.25) is 17.6 Å². The lowest BCUT2D eigenvalue weighted by Gasteiger charge is -2.60. The minimum Gasteiger partial charge on any atom is -0.465 e. The monoisotopic (exact) mass is 839 g/mol. The van der Waals surface area contributed by atoms with E-state index in [1.165, 1.54) is 5.82 Å². The summed E-state index contributed by atoms with van der Waals surface area (Å²) in [6.45, 7) is 9.81. The second-order valence-electron chi connectivity index (χ2n) is 16.6. The number of amides is 3. The van der Waals surface area contributed by atoms with Crippen LogP contribution in [0.15, 0.2) is 72.6 Å². The maximum Gasteiger partial charge on any atom is 0.408 e. The lowest BCUT2D eigenvalue weighted by molar-refractivity contribution is -0.578. The summed E-state index contributed by atoms with van der Waals surface area (Å²) in [5.41, 5.74) is 0.680. The van der Waals surface area contributed by atoms with Gasteiger partial charge < -0.3 is 39.0 Å². The number of nitrogens with one attached hydrogen (secondary N) is 2. The van der Waals surface area contributed by atoms with Crippen LogP contribution < -0.4 is 10.6 Å². The average molecular weight is 840 g/mol. The van der Waals surface area contributed by atoms with E-state index in [-0.39, 0.29) is 50.4 Å². The Morgan fingerprint density at radius 1 is 0.966 bits per heavy atom.